The van der Waals surface area contributed by atoms with Gasteiger partial charge in [-0.05, 0) is 93.7 Å². The molecule has 1 aliphatic rings. The van der Waals surface area contributed by atoms with Crippen LogP contribution in [0.15, 0.2) is 59.5 Å². The minimum absolute atomic E-state index is 0.740. The molecule has 2 aromatic carbocycles. The van der Waals surface area contributed by atoms with E-state index >= 15 is 0 Å². The van der Waals surface area contributed by atoms with E-state index in [9.17, 15) is 0 Å². The van der Waals surface area contributed by atoms with Crippen LogP contribution in [0.1, 0.15) is 43.6 Å². The zero-order chi connectivity index (χ0) is 23.4. The van der Waals surface area contributed by atoms with E-state index in [4.69, 9.17) is 0 Å². The highest BCUT2D eigenvalue weighted by Crippen LogP contribution is 2.34. The smallest absolute Gasteiger partial charge is 0.0495 e. The Hall–Kier alpha value is -2.56. The Bertz CT molecular complexity index is 1200. The van der Waals surface area contributed by atoms with Gasteiger partial charge in [0, 0.05) is 43.7 Å². The molecule has 0 atom stereocenters. The number of aryl methyl sites for hydroxylation is 3. The molecular weight excluding hydrogens is 422 g/mol. The van der Waals surface area contributed by atoms with Crippen LogP contribution in [0.3, 0.4) is 0 Å². The van der Waals surface area contributed by atoms with Gasteiger partial charge in [0.1, 0.15) is 0 Å². The lowest BCUT2D eigenvalue weighted by molar-refractivity contribution is 0.531. The summed E-state index contributed by atoms with van der Waals surface area (Å²) >= 11 is 2.02. The maximum atomic E-state index is 4.52. The predicted octanol–water partition coefficient (Wildman–Crippen LogP) is 7.69. The number of benzene rings is 2. The zero-order valence-electron chi connectivity index (χ0n) is 20.5. The summed E-state index contributed by atoms with van der Waals surface area (Å²) in [4.78, 5) is 9.57. The number of aromatic nitrogens is 2. The number of hydrogen-bond donors (Lipinski definition) is 2. The average Bonchev–Trinajstić information content (AvgIpc) is 3.17. The summed E-state index contributed by atoms with van der Waals surface area (Å²) in [7, 11) is 0. The monoisotopic (exact) mass is 457 g/mol. The molecule has 172 valence electrons. The second-order valence-electron chi connectivity index (χ2n) is 8.62. The topological polar surface area (TPSA) is 40.7 Å². The number of nitrogens with zero attached hydrogens (tertiary/aromatic N) is 1. The predicted molar refractivity (Wildman–Crippen MR) is 144 cm³/mol. The van der Waals surface area contributed by atoms with Gasteiger partial charge in [0.25, 0.3) is 0 Å². The molecule has 0 saturated carbocycles. The number of pyridine rings is 1. The van der Waals surface area contributed by atoms with Gasteiger partial charge >= 0.3 is 0 Å². The summed E-state index contributed by atoms with van der Waals surface area (Å²) in [5, 5.41) is 5.47. The molecule has 5 rings (SSSR count). The summed E-state index contributed by atoms with van der Waals surface area (Å²) in [5.74, 6) is 0. The lowest BCUT2D eigenvalue weighted by atomic mass is 10.0. The molecule has 1 aliphatic heterocycles. The van der Waals surface area contributed by atoms with Crippen molar-refractivity contribution in [2.75, 3.05) is 13.1 Å². The number of nitrogens with one attached hydrogen (secondary N) is 2. The van der Waals surface area contributed by atoms with Crippen LogP contribution in [0, 0.1) is 20.8 Å². The van der Waals surface area contributed by atoms with E-state index in [1.807, 2.05) is 25.6 Å². The third kappa shape index (κ3) is 5.34. The molecule has 2 N–H and O–H groups in total. The first-order valence-electron chi connectivity index (χ1n) is 12.1. The normalized spacial score (nSPS) is 14.2. The molecule has 4 heteroatoms. The van der Waals surface area contributed by atoms with Gasteiger partial charge in [-0.15, -0.1) is 11.8 Å². The van der Waals surface area contributed by atoms with Crippen LogP contribution in [0.5, 0.6) is 0 Å². The van der Waals surface area contributed by atoms with Crippen molar-refractivity contribution in [1.29, 1.82) is 0 Å². The SMILES string of the molecule is CC.Cc1cc(-c2[nH]c3cc(-c4ccc(SC5CCNCC5)cc4)ccc3c2C)cc(C)n1. The molecule has 0 radical (unpaired) electrons. The van der Waals surface area contributed by atoms with E-state index < -0.39 is 0 Å². The largest absolute Gasteiger partial charge is 0.354 e. The van der Waals surface area contributed by atoms with Crippen LogP contribution in [0.25, 0.3) is 33.3 Å². The Labute approximate surface area is 202 Å². The van der Waals surface area contributed by atoms with Crippen molar-refractivity contribution >= 4 is 22.7 Å². The minimum Gasteiger partial charge on any atom is -0.354 e. The van der Waals surface area contributed by atoms with Crippen LogP contribution in [-0.4, -0.2) is 28.3 Å². The van der Waals surface area contributed by atoms with Gasteiger partial charge in [-0.2, -0.15) is 0 Å². The summed E-state index contributed by atoms with van der Waals surface area (Å²) in [6.07, 6.45) is 2.52. The zero-order valence-corrected chi connectivity index (χ0v) is 21.3. The van der Waals surface area contributed by atoms with Crippen molar-refractivity contribution < 1.29 is 0 Å². The first kappa shape index (κ1) is 23.6. The molecule has 4 aromatic rings. The van der Waals surface area contributed by atoms with Crippen LogP contribution in [0.2, 0.25) is 0 Å². The van der Waals surface area contributed by atoms with E-state index in [0.717, 1.165) is 29.7 Å². The van der Waals surface area contributed by atoms with Crippen LogP contribution in [0.4, 0.5) is 0 Å². The second kappa shape index (κ2) is 10.6. The average molecular weight is 458 g/mol. The first-order valence-corrected chi connectivity index (χ1v) is 13.0. The second-order valence-corrected chi connectivity index (χ2v) is 9.99. The lowest BCUT2D eigenvalue weighted by Crippen LogP contribution is -2.29. The van der Waals surface area contributed by atoms with E-state index in [1.54, 1.807) is 0 Å². The molecule has 3 heterocycles. The molecule has 0 amide bonds. The fraction of sp³-hybridized carbons (Fsp3) is 0.345. The number of piperidine rings is 1. The molecule has 0 aliphatic carbocycles. The maximum absolute atomic E-state index is 4.52. The third-order valence-electron chi connectivity index (χ3n) is 6.20. The van der Waals surface area contributed by atoms with Crippen molar-refractivity contribution in [3.8, 4) is 22.4 Å². The van der Waals surface area contributed by atoms with Gasteiger partial charge in [0.05, 0.1) is 0 Å². The number of rotatable bonds is 4. The van der Waals surface area contributed by atoms with E-state index in [2.05, 4.69) is 90.7 Å². The molecule has 1 saturated heterocycles. The van der Waals surface area contributed by atoms with E-state index in [1.165, 1.54) is 56.6 Å². The fourth-order valence-electron chi connectivity index (χ4n) is 4.62. The fourth-order valence-corrected chi connectivity index (χ4v) is 5.77. The highest BCUT2D eigenvalue weighted by Gasteiger charge is 2.15. The van der Waals surface area contributed by atoms with Gasteiger partial charge in [-0.1, -0.05) is 38.1 Å². The van der Waals surface area contributed by atoms with Crippen molar-refractivity contribution in [3.63, 3.8) is 0 Å². The Balaban J connectivity index is 0.00000126. The van der Waals surface area contributed by atoms with Crippen molar-refractivity contribution in [1.82, 2.24) is 15.3 Å². The van der Waals surface area contributed by atoms with Gasteiger partial charge < -0.3 is 10.3 Å². The van der Waals surface area contributed by atoms with Crippen LogP contribution in [-0.2, 0) is 0 Å². The molecule has 1 fully saturated rings. The Kier molecular flexibility index (Phi) is 7.56. The highest BCUT2D eigenvalue weighted by molar-refractivity contribution is 8.00. The maximum Gasteiger partial charge on any atom is 0.0495 e. The van der Waals surface area contributed by atoms with Gasteiger partial charge in [0.15, 0.2) is 0 Å². The Morgan fingerprint density at radius 3 is 2.09 bits per heavy atom. The Morgan fingerprint density at radius 1 is 0.788 bits per heavy atom. The standard InChI is InChI=1S/C27H29N3S.C2H6/c1-17-14-22(15-18(2)29-17)27-19(3)25-9-6-21(16-26(25)30-27)20-4-7-23(8-5-20)31-24-10-12-28-13-11-24;1-2/h4-9,14-16,24,28,30H,10-13H2,1-3H3;1-2H3. The summed E-state index contributed by atoms with van der Waals surface area (Å²) in [6, 6.07) is 20.2. The molecule has 3 nitrogen and oxygen atoms in total. The molecule has 0 spiro atoms. The molecule has 33 heavy (non-hydrogen) atoms. The molecule has 2 aromatic heterocycles. The number of hydrogen-bond acceptors (Lipinski definition) is 3. The lowest BCUT2D eigenvalue weighted by Gasteiger charge is -2.22. The molecular formula is C29H35N3S. The number of H-pyrrole nitrogens is 1. The summed E-state index contributed by atoms with van der Waals surface area (Å²) in [6.45, 7) is 12.6. The van der Waals surface area contributed by atoms with Crippen LogP contribution >= 0.6 is 11.8 Å². The number of aromatic amines is 1. The minimum atomic E-state index is 0.740. The van der Waals surface area contributed by atoms with Crippen molar-refractivity contribution in [2.24, 2.45) is 0 Å². The van der Waals surface area contributed by atoms with E-state index in [-0.39, 0.29) is 0 Å². The summed E-state index contributed by atoms with van der Waals surface area (Å²) in [5.41, 5.74) is 9.49. The van der Waals surface area contributed by atoms with Gasteiger partial charge in [0.2, 0.25) is 0 Å². The van der Waals surface area contributed by atoms with E-state index in [0.29, 0.717) is 0 Å². The summed E-state index contributed by atoms with van der Waals surface area (Å²) < 4.78 is 0. The van der Waals surface area contributed by atoms with Gasteiger partial charge in [-0.25, -0.2) is 0 Å². The van der Waals surface area contributed by atoms with Crippen molar-refractivity contribution in [3.05, 3.63) is 71.5 Å². The number of thioether (sulfide) groups is 1. The Morgan fingerprint density at radius 2 is 1.42 bits per heavy atom. The molecule has 0 bridgehead atoms. The quantitative estimate of drug-likeness (QED) is 0.330. The third-order valence-corrected chi connectivity index (χ3v) is 7.55. The van der Waals surface area contributed by atoms with Crippen LogP contribution < -0.4 is 5.32 Å². The highest BCUT2D eigenvalue weighted by atomic mass is 32.2. The van der Waals surface area contributed by atoms with Gasteiger partial charge in [-0.3, -0.25) is 4.98 Å². The van der Waals surface area contributed by atoms with Crippen molar-refractivity contribution in [2.45, 2.75) is 57.6 Å². The number of fused-ring (bicyclic) bond motifs is 1. The molecule has 0 unspecified atom stereocenters. The first-order chi connectivity index (χ1) is 16.1.